The molecule has 2 rings (SSSR count). The summed E-state index contributed by atoms with van der Waals surface area (Å²) >= 11 is 0. The average molecular weight is 269 g/mol. The van der Waals surface area contributed by atoms with Gasteiger partial charge in [-0.2, -0.15) is 0 Å². The number of hydrogen-bond donors (Lipinski definition) is 1. The highest BCUT2D eigenvalue weighted by atomic mass is 16.5. The molecule has 20 heavy (non-hydrogen) atoms. The van der Waals surface area contributed by atoms with E-state index in [9.17, 15) is 0 Å². The van der Waals surface area contributed by atoms with Crippen molar-refractivity contribution in [3.8, 4) is 5.75 Å². The lowest BCUT2D eigenvalue weighted by Gasteiger charge is -2.18. The largest absolute Gasteiger partial charge is 0.494 e. The minimum atomic E-state index is 0.325. The zero-order valence-electron chi connectivity index (χ0n) is 12.5. The van der Waals surface area contributed by atoms with Crippen molar-refractivity contribution in [2.24, 2.45) is 0 Å². The van der Waals surface area contributed by atoms with Crippen LogP contribution in [0.1, 0.15) is 36.6 Å². The van der Waals surface area contributed by atoms with Gasteiger partial charge in [0.1, 0.15) is 5.75 Å². The van der Waals surface area contributed by atoms with Crippen LogP contribution in [-0.4, -0.2) is 6.61 Å². The first-order valence-corrected chi connectivity index (χ1v) is 7.22. The Morgan fingerprint density at radius 2 is 1.75 bits per heavy atom. The van der Waals surface area contributed by atoms with Crippen molar-refractivity contribution >= 4 is 0 Å². The number of para-hydroxylation sites is 1. The standard InChI is InChI=1S/C18H23NO/c1-4-20-18-12-8-6-10-16(18)13-19-15(3)17-11-7-5-9-14(17)2/h5-12,15,19H,4,13H2,1-3H3/t15-/m0/s1. The maximum absolute atomic E-state index is 5.66. The maximum Gasteiger partial charge on any atom is 0.123 e. The van der Waals surface area contributed by atoms with Crippen molar-refractivity contribution in [1.82, 2.24) is 5.32 Å². The molecule has 0 aliphatic carbocycles. The van der Waals surface area contributed by atoms with Crippen LogP contribution in [0.4, 0.5) is 0 Å². The van der Waals surface area contributed by atoms with Crippen LogP contribution < -0.4 is 10.1 Å². The molecule has 1 atom stereocenters. The molecule has 0 amide bonds. The molecular formula is C18H23NO. The third-order valence-electron chi connectivity index (χ3n) is 3.53. The molecule has 0 saturated carbocycles. The van der Waals surface area contributed by atoms with Crippen molar-refractivity contribution in [3.63, 3.8) is 0 Å². The van der Waals surface area contributed by atoms with Gasteiger partial charge in [0.15, 0.2) is 0 Å². The number of rotatable bonds is 6. The smallest absolute Gasteiger partial charge is 0.123 e. The molecule has 0 spiro atoms. The van der Waals surface area contributed by atoms with E-state index in [1.54, 1.807) is 0 Å². The monoisotopic (exact) mass is 269 g/mol. The predicted molar refractivity (Wildman–Crippen MR) is 84.0 cm³/mol. The Morgan fingerprint density at radius 3 is 2.50 bits per heavy atom. The molecule has 0 unspecified atom stereocenters. The summed E-state index contributed by atoms with van der Waals surface area (Å²) < 4.78 is 5.66. The highest BCUT2D eigenvalue weighted by molar-refractivity contribution is 5.34. The summed E-state index contributed by atoms with van der Waals surface area (Å²) in [4.78, 5) is 0. The number of nitrogens with one attached hydrogen (secondary N) is 1. The van der Waals surface area contributed by atoms with Gasteiger partial charge in [0.2, 0.25) is 0 Å². The van der Waals surface area contributed by atoms with E-state index in [4.69, 9.17) is 4.74 Å². The Hall–Kier alpha value is -1.80. The summed E-state index contributed by atoms with van der Waals surface area (Å²) in [5.41, 5.74) is 3.88. The van der Waals surface area contributed by atoms with Gasteiger partial charge in [0, 0.05) is 18.2 Å². The molecule has 106 valence electrons. The number of ether oxygens (including phenoxy) is 1. The van der Waals surface area contributed by atoms with Crippen molar-refractivity contribution in [2.75, 3.05) is 6.61 Å². The van der Waals surface area contributed by atoms with E-state index in [1.807, 2.05) is 19.1 Å². The van der Waals surface area contributed by atoms with Crippen LogP contribution in [0.25, 0.3) is 0 Å². The second kappa shape index (κ2) is 7.11. The van der Waals surface area contributed by atoms with Gasteiger partial charge >= 0.3 is 0 Å². The Morgan fingerprint density at radius 1 is 1.05 bits per heavy atom. The highest BCUT2D eigenvalue weighted by Crippen LogP contribution is 2.21. The van der Waals surface area contributed by atoms with E-state index in [1.165, 1.54) is 16.7 Å². The third kappa shape index (κ3) is 3.61. The molecule has 0 aromatic heterocycles. The van der Waals surface area contributed by atoms with Gasteiger partial charge < -0.3 is 10.1 Å². The summed E-state index contributed by atoms with van der Waals surface area (Å²) in [6.07, 6.45) is 0. The lowest BCUT2D eigenvalue weighted by molar-refractivity contribution is 0.335. The molecule has 0 fully saturated rings. The normalized spacial score (nSPS) is 12.2. The molecule has 2 heteroatoms. The van der Waals surface area contributed by atoms with E-state index in [0.29, 0.717) is 12.6 Å². The molecule has 0 bridgehead atoms. The topological polar surface area (TPSA) is 21.3 Å². The summed E-state index contributed by atoms with van der Waals surface area (Å²) in [5, 5.41) is 3.57. The molecule has 0 saturated heterocycles. The lowest BCUT2D eigenvalue weighted by atomic mass is 10.0. The van der Waals surface area contributed by atoms with Gasteiger partial charge in [0.25, 0.3) is 0 Å². The molecule has 0 heterocycles. The SMILES string of the molecule is CCOc1ccccc1CN[C@@H](C)c1ccccc1C. The van der Waals surface area contributed by atoms with Gasteiger partial charge in [0.05, 0.1) is 6.61 Å². The maximum atomic E-state index is 5.66. The first-order valence-electron chi connectivity index (χ1n) is 7.22. The van der Waals surface area contributed by atoms with Crippen LogP contribution in [-0.2, 0) is 6.54 Å². The van der Waals surface area contributed by atoms with Crippen molar-refractivity contribution in [3.05, 3.63) is 65.2 Å². The fourth-order valence-corrected chi connectivity index (χ4v) is 2.39. The van der Waals surface area contributed by atoms with E-state index in [-0.39, 0.29) is 0 Å². The first kappa shape index (κ1) is 14.6. The zero-order valence-corrected chi connectivity index (χ0v) is 12.5. The molecule has 2 aromatic carbocycles. The Labute approximate surface area is 121 Å². The quantitative estimate of drug-likeness (QED) is 0.846. The molecular weight excluding hydrogens is 246 g/mol. The second-order valence-corrected chi connectivity index (χ2v) is 5.00. The molecule has 0 aliphatic rings. The van der Waals surface area contributed by atoms with Crippen LogP contribution in [0.15, 0.2) is 48.5 Å². The van der Waals surface area contributed by atoms with E-state index in [0.717, 1.165) is 12.3 Å². The second-order valence-electron chi connectivity index (χ2n) is 5.00. The Bertz CT molecular complexity index is 551. The van der Waals surface area contributed by atoms with E-state index in [2.05, 4.69) is 55.6 Å². The minimum absolute atomic E-state index is 0.325. The van der Waals surface area contributed by atoms with E-state index >= 15 is 0 Å². The third-order valence-corrected chi connectivity index (χ3v) is 3.53. The van der Waals surface area contributed by atoms with Crippen LogP contribution in [0, 0.1) is 6.92 Å². The summed E-state index contributed by atoms with van der Waals surface area (Å²) in [5.74, 6) is 0.972. The highest BCUT2D eigenvalue weighted by Gasteiger charge is 2.08. The summed E-state index contributed by atoms with van der Waals surface area (Å²) in [7, 11) is 0. The lowest BCUT2D eigenvalue weighted by Crippen LogP contribution is -2.19. The summed E-state index contributed by atoms with van der Waals surface area (Å²) in [6, 6.07) is 17.0. The van der Waals surface area contributed by atoms with Gasteiger partial charge in [-0.05, 0) is 38.0 Å². The molecule has 1 N–H and O–H groups in total. The zero-order chi connectivity index (χ0) is 14.4. The van der Waals surface area contributed by atoms with Crippen LogP contribution in [0.3, 0.4) is 0 Å². The number of aryl methyl sites for hydroxylation is 1. The van der Waals surface area contributed by atoms with Crippen LogP contribution in [0.2, 0.25) is 0 Å². The average Bonchev–Trinajstić information content (AvgIpc) is 2.47. The van der Waals surface area contributed by atoms with Gasteiger partial charge in [-0.25, -0.2) is 0 Å². The van der Waals surface area contributed by atoms with Gasteiger partial charge in [-0.15, -0.1) is 0 Å². The fourth-order valence-electron chi connectivity index (χ4n) is 2.39. The molecule has 2 aromatic rings. The van der Waals surface area contributed by atoms with Crippen LogP contribution in [0.5, 0.6) is 5.75 Å². The van der Waals surface area contributed by atoms with E-state index < -0.39 is 0 Å². The van der Waals surface area contributed by atoms with Crippen molar-refractivity contribution in [1.29, 1.82) is 0 Å². The van der Waals surface area contributed by atoms with Crippen molar-refractivity contribution < 1.29 is 4.74 Å². The first-order chi connectivity index (χ1) is 9.72. The Kier molecular flexibility index (Phi) is 5.19. The predicted octanol–water partition coefficient (Wildman–Crippen LogP) is 4.24. The molecule has 0 aliphatic heterocycles. The molecule has 0 radical (unpaired) electrons. The number of benzene rings is 2. The van der Waals surface area contributed by atoms with Gasteiger partial charge in [-0.1, -0.05) is 42.5 Å². The number of hydrogen-bond acceptors (Lipinski definition) is 2. The minimum Gasteiger partial charge on any atom is -0.494 e. The molecule has 2 nitrogen and oxygen atoms in total. The Balaban J connectivity index is 2.04. The fraction of sp³-hybridized carbons (Fsp3) is 0.333. The summed E-state index contributed by atoms with van der Waals surface area (Å²) in [6.45, 7) is 7.88. The van der Waals surface area contributed by atoms with Crippen LogP contribution >= 0.6 is 0 Å². The van der Waals surface area contributed by atoms with Gasteiger partial charge in [-0.3, -0.25) is 0 Å². The van der Waals surface area contributed by atoms with Crippen molar-refractivity contribution in [2.45, 2.75) is 33.4 Å².